The van der Waals surface area contributed by atoms with E-state index in [0.717, 1.165) is 15.9 Å². The molecule has 1 atom stereocenters. The molecule has 3 aromatic heterocycles. The van der Waals surface area contributed by atoms with Crippen LogP contribution in [0, 0.1) is 5.82 Å². The predicted octanol–water partition coefficient (Wildman–Crippen LogP) is 3.71. The van der Waals surface area contributed by atoms with Gasteiger partial charge in [0.25, 0.3) is 0 Å². The van der Waals surface area contributed by atoms with Crippen LogP contribution in [-0.4, -0.2) is 15.0 Å². The van der Waals surface area contributed by atoms with Crippen molar-refractivity contribution in [2.24, 2.45) is 0 Å². The average molecular weight is 393 g/mol. The Morgan fingerprint density at radius 3 is 1.39 bits per heavy atom. The van der Waals surface area contributed by atoms with Gasteiger partial charge in [-0.15, -0.1) is 0 Å². The van der Waals surface area contributed by atoms with E-state index in [1.54, 1.807) is 49.3 Å². The molecule has 140 valence electrons. The van der Waals surface area contributed by atoms with Crippen LogP contribution in [0.3, 0.4) is 0 Å². The van der Waals surface area contributed by atoms with Gasteiger partial charge < -0.3 is 0 Å². The van der Waals surface area contributed by atoms with Crippen LogP contribution in [0.5, 0.6) is 0 Å². The third-order valence-electron chi connectivity index (χ3n) is 4.97. The first-order valence-electron chi connectivity index (χ1n) is 8.84. The van der Waals surface area contributed by atoms with E-state index in [4.69, 9.17) is 0 Å². The van der Waals surface area contributed by atoms with Crippen molar-refractivity contribution in [2.45, 2.75) is 5.91 Å². The first-order chi connectivity index (χ1) is 13.7. The van der Waals surface area contributed by atoms with Gasteiger partial charge >= 0.3 is 162 Å². The molecule has 0 radical (unpaired) electrons. The fourth-order valence-electron chi connectivity index (χ4n) is 3.70. The minimum atomic E-state index is -3.33. The molecule has 3 heterocycles. The van der Waals surface area contributed by atoms with Gasteiger partial charge in [0.15, 0.2) is 0 Å². The number of halogens is 2. The number of aromatic nitrogens is 3. The topological polar surface area (TPSA) is 38.7 Å². The van der Waals surface area contributed by atoms with Crippen LogP contribution in [-0.2, 0) is 0 Å². The zero-order chi connectivity index (χ0) is 19.4. The quantitative estimate of drug-likeness (QED) is 0.486. The van der Waals surface area contributed by atoms with Gasteiger partial charge in [-0.05, 0) is 0 Å². The van der Waals surface area contributed by atoms with Gasteiger partial charge in [0.1, 0.15) is 0 Å². The molecule has 0 amide bonds. The van der Waals surface area contributed by atoms with Crippen molar-refractivity contribution in [3.05, 3.63) is 109 Å². The second-order valence-electron chi connectivity index (χ2n) is 6.40. The maximum atomic E-state index is 16.5. The Bertz CT molecular complexity index is 950. The van der Waals surface area contributed by atoms with Gasteiger partial charge in [-0.25, -0.2) is 0 Å². The van der Waals surface area contributed by atoms with Crippen LogP contribution in [0.15, 0.2) is 97.8 Å². The van der Waals surface area contributed by atoms with Crippen LogP contribution < -0.4 is 15.9 Å². The van der Waals surface area contributed by atoms with Crippen molar-refractivity contribution in [1.82, 2.24) is 15.0 Å². The maximum absolute atomic E-state index is 16.5. The fraction of sp³-hybridized carbons (Fsp3) is 0.0455. The summed E-state index contributed by atoms with van der Waals surface area (Å²) in [5, 5.41) is 2.40. The van der Waals surface area contributed by atoms with E-state index in [9.17, 15) is 4.39 Å². The molecule has 1 aromatic carbocycles. The predicted molar refractivity (Wildman–Crippen MR) is 110 cm³/mol. The molecule has 0 aliphatic carbocycles. The summed E-state index contributed by atoms with van der Waals surface area (Å²) in [6.07, 6.45) is 9.88. The zero-order valence-corrected chi connectivity index (χ0v) is 15.9. The molecule has 6 heteroatoms. The van der Waals surface area contributed by atoms with Gasteiger partial charge in [-0.1, -0.05) is 0 Å². The second kappa shape index (κ2) is 7.91. The third-order valence-corrected chi connectivity index (χ3v) is 9.77. The summed E-state index contributed by atoms with van der Waals surface area (Å²) in [7, 11) is -3.33. The summed E-state index contributed by atoms with van der Waals surface area (Å²) in [4.78, 5) is 12.3. The van der Waals surface area contributed by atoms with Gasteiger partial charge in [0, 0.05) is 0 Å². The number of hydrogen-bond acceptors (Lipinski definition) is 3. The molecule has 0 N–H and O–H groups in total. The van der Waals surface area contributed by atoms with E-state index < -0.39 is 19.0 Å². The van der Waals surface area contributed by atoms with Crippen molar-refractivity contribution >= 4 is 23.2 Å². The van der Waals surface area contributed by atoms with Gasteiger partial charge in [0.05, 0.1) is 0 Å². The Balaban J connectivity index is 2.09. The van der Waals surface area contributed by atoms with Crippen molar-refractivity contribution in [3.8, 4) is 0 Å². The first-order valence-corrected chi connectivity index (χ1v) is 10.9. The molecule has 0 saturated carbocycles. The van der Waals surface area contributed by atoms with Crippen LogP contribution in [0.1, 0.15) is 11.5 Å². The third kappa shape index (κ3) is 3.08. The normalized spacial score (nSPS) is 13.1. The SMILES string of the molecule is Fc1ccccc1C(F)[PH](c1ccncc1)(c1ccncc1)c1ccncc1. The molecule has 0 spiro atoms. The molecular formula is C22H18F2N3P. The van der Waals surface area contributed by atoms with Crippen molar-refractivity contribution < 1.29 is 8.78 Å². The second-order valence-corrected chi connectivity index (χ2v) is 10.3. The monoisotopic (exact) mass is 393 g/mol. The van der Waals surface area contributed by atoms with Gasteiger partial charge in [-0.2, -0.15) is 0 Å². The standard InChI is InChI=1S/C22H18F2N3P/c23-21-4-2-1-3-20(21)22(24)28(17-5-11-25-12-6-17,18-7-13-26-14-8-18)19-9-15-27-16-10-19/h1-16,22,28H. The van der Waals surface area contributed by atoms with Crippen LogP contribution in [0.4, 0.5) is 8.78 Å². The molecule has 0 aliphatic heterocycles. The molecular weight excluding hydrogens is 375 g/mol. The summed E-state index contributed by atoms with van der Waals surface area (Å²) in [6.45, 7) is 0. The van der Waals surface area contributed by atoms with Crippen LogP contribution in [0.25, 0.3) is 0 Å². The van der Waals surface area contributed by atoms with E-state index in [2.05, 4.69) is 15.0 Å². The molecule has 0 aliphatic rings. The van der Waals surface area contributed by atoms with Gasteiger partial charge in [-0.3, -0.25) is 0 Å². The Morgan fingerprint density at radius 2 is 1.00 bits per heavy atom. The molecule has 3 nitrogen and oxygen atoms in total. The fourth-order valence-corrected chi connectivity index (χ4v) is 8.30. The Labute approximate surface area is 162 Å². The Morgan fingerprint density at radius 1 is 0.607 bits per heavy atom. The zero-order valence-electron chi connectivity index (χ0n) is 14.9. The van der Waals surface area contributed by atoms with E-state index >= 15 is 4.39 Å². The minimum absolute atomic E-state index is 0.0552. The number of hydrogen-bond donors (Lipinski definition) is 0. The van der Waals surface area contributed by atoms with E-state index in [1.165, 1.54) is 12.1 Å². The number of alkyl halides is 1. The average Bonchev–Trinajstić information content (AvgIpc) is 2.77. The summed E-state index contributed by atoms with van der Waals surface area (Å²) in [6, 6.07) is 17.0. The first kappa shape index (κ1) is 18.3. The van der Waals surface area contributed by atoms with E-state index in [0.29, 0.717) is 0 Å². The summed E-state index contributed by atoms with van der Waals surface area (Å²) < 4.78 is 31.2. The number of pyridine rings is 3. The van der Waals surface area contributed by atoms with Crippen LogP contribution >= 0.6 is 7.26 Å². The van der Waals surface area contributed by atoms with Crippen molar-refractivity contribution in [1.29, 1.82) is 0 Å². The summed E-state index contributed by atoms with van der Waals surface area (Å²) in [5.41, 5.74) is 0.0552. The number of benzene rings is 1. The molecule has 0 bridgehead atoms. The van der Waals surface area contributed by atoms with E-state index in [-0.39, 0.29) is 5.56 Å². The Kier molecular flexibility index (Phi) is 5.18. The van der Waals surface area contributed by atoms with Crippen molar-refractivity contribution in [2.75, 3.05) is 0 Å². The molecule has 28 heavy (non-hydrogen) atoms. The number of rotatable bonds is 5. The molecule has 4 aromatic rings. The summed E-state index contributed by atoms with van der Waals surface area (Å²) in [5.74, 6) is -2.11. The molecule has 0 fully saturated rings. The van der Waals surface area contributed by atoms with Crippen molar-refractivity contribution in [3.63, 3.8) is 0 Å². The number of nitrogens with zero attached hydrogens (tertiary/aromatic N) is 3. The molecule has 4 rings (SSSR count). The van der Waals surface area contributed by atoms with E-state index in [1.807, 2.05) is 36.4 Å². The Hall–Kier alpha value is -3.04. The van der Waals surface area contributed by atoms with Gasteiger partial charge in [0.2, 0.25) is 0 Å². The summed E-state index contributed by atoms with van der Waals surface area (Å²) >= 11 is 0. The molecule has 0 saturated heterocycles. The van der Waals surface area contributed by atoms with Crippen LogP contribution in [0.2, 0.25) is 0 Å². The molecule has 1 unspecified atom stereocenters.